The smallest absolute Gasteiger partial charge is 0.306 e. The number of esters is 2. The van der Waals surface area contributed by atoms with E-state index < -0.39 is 5.97 Å². The van der Waals surface area contributed by atoms with Crippen molar-refractivity contribution in [3.05, 3.63) is 60.2 Å². The summed E-state index contributed by atoms with van der Waals surface area (Å²) < 4.78 is 11.6. The zero-order chi connectivity index (χ0) is 35.0. The standard InChI is InChI=1S/C37H48N6O4S2/c1-6-43(7-2)31-17-15-30(16-18-31)40-42-37-38-36-32(48-37)25-33(49-36)41-39-29-13-11-28(12-14-29)22-24-47-35(45)20-19-34(44)46-23-21-27(5)10-8-9-26(3)4/h11-18,25-27H,6-10,19-24H2,1-5H3. The first-order chi connectivity index (χ1) is 23.7. The molecule has 4 aromatic rings. The van der Waals surface area contributed by atoms with Crippen LogP contribution in [-0.4, -0.2) is 43.2 Å². The molecule has 0 bridgehead atoms. The molecule has 49 heavy (non-hydrogen) atoms. The lowest BCUT2D eigenvalue weighted by atomic mass is 9.98. The van der Waals surface area contributed by atoms with Gasteiger partial charge in [-0.15, -0.1) is 20.5 Å². The monoisotopic (exact) mass is 704 g/mol. The predicted octanol–water partition coefficient (Wildman–Crippen LogP) is 11.3. The molecule has 1 atom stereocenters. The molecule has 1 unspecified atom stereocenters. The fourth-order valence-corrected chi connectivity index (χ4v) is 6.93. The van der Waals surface area contributed by atoms with E-state index in [1.807, 2.05) is 42.5 Å². The second-order valence-electron chi connectivity index (χ2n) is 12.4. The highest BCUT2D eigenvalue weighted by molar-refractivity contribution is 7.30. The number of hydrogen-bond acceptors (Lipinski definition) is 12. The summed E-state index contributed by atoms with van der Waals surface area (Å²) in [6.07, 6.45) is 5.05. The molecule has 0 N–H and O–H groups in total. The second kappa shape index (κ2) is 19.8. The first-order valence-corrected chi connectivity index (χ1v) is 18.8. The number of thiazole rings is 1. The van der Waals surface area contributed by atoms with Gasteiger partial charge >= 0.3 is 11.9 Å². The minimum Gasteiger partial charge on any atom is -0.466 e. The van der Waals surface area contributed by atoms with Gasteiger partial charge in [-0.05, 0) is 80.1 Å². The van der Waals surface area contributed by atoms with Gasteiger partial charge in [0.25, 0.3) is 0 Å². The number of hydrogen-bond donors (Lipinski definition) is 0. The van der Waals surface area contributed by atoms with Crippen LogP contribution < -0.4 is 4.90 Å². The van der Waals surface area contributed by atoms with Crippen LogP contribution in [0.1, 0.15) is 78.7 Å². The molecule has 2 aromatic heterocycles. The minimum atomic E-state index is -0.398. The van der Waals surface area contributed by atoms with Crippen LogP contribution in [0.25, 0.3) is 9.53 Å². The maximum absolute atomic E-state index is 12.1. The van der Waals surface area contributed by atoms with Crippen LogP contribution in [0.5, 0.6) is 0 Å². The third kappa shape index (κ3) is 13.1. The highest BCUT2D eigenvalue weighted by Gasteiger charge is 2.12. The fourth-order valence-electron chi connectivity index (χ4n) is 5.08. The van der Waals surface area contributed by atoms with E-state index in [1.165, 1.54) is 41.2 Å². The van der Waals surface area contributed by atoms with Gasteiger partial charge in [0.15, 0.2) is 0 Å². The molecular weight excluding hydrogens is 657 g/mol. The molecule has 10 nitrogen and oxygen atoms in total. The molecule has 0 spiro atoms. The predicted molar refractivity (Wildman–Crippen MR) is 200 cm³/mol. The molecule has 0 aliphatic carbocycles. The number of aromatic nitrogens is 1. The van der Waals surface area contributed by atoms with E-state index in [9.17, 15) is 9.59 Å². The molecule has 2 aromatic carbocycles. The second-order valence-corrected chi connectivity index (χ2v) is 14.4. The Labute approximate surface area is 297 Å². The van der Waals surface area contributed by atoms with Crippen LogP contribution >= 0.6 is 22.7 Å². The first kappa shape index (κ1) is 37.8. The molecule has 262 valence electrons. The number of rotatable bonds is 20. The number of nitrogens with zero attached hydrogens (tertiary/aromatic N) is 6. The number of azo groups is 2. The highest BCUT2D eigenvalue weighted by atomic mass is 32.1. The fraction of sp³-hybridized carbons (Fsp3) is 0.486. The minimum absolute atomic E-state index is 0.0231. The van der Waals surface area contributed by atoms with Crippen molar-refractivity contribution in [3.8, 4) is 0 Å². The molecule has 0 aliphatic rings. The Bertz CT molecular complexity index is 1630. The molecule has 0 amide bonds. The number of ether oxygens (including phenoxy) is 2. The molecule has 12 heteroatoms. The summed E-state index contributed by atoms with van der Waals surface area (Å²) in [5, 5.41) is 18.8. The topological polar surface area (TPSA) is 118 Å². The van der Waals surface area contributed by atoms with Crippen LogP contribution in [0, 0.1) is 11.8 Å². The third-order valence-electron chi connectivity index (χ3n) is 8.03. The van der Waals surface area contributed by atoms with Crippen molar-refractivity contribution >= 4 is 71.3 Å². The first-order valence-electron chi connectivity index (χ1n) is 17.2. The zero-order valence-electron chi connectivity index (χ0n) is 29.3. The number of carbonyl (C=O) groups is 2. The summed E-state index contributed by atoms with van der Waals surface area (Å²) in [7, 11) is 0. The van der Waals surface area contributed by atoms with Gasteiger partial charge < -0.3 is 14.4 Å². The Hall–Kier alpha value is -4.03. The van der Waals surface area contributed by atoms with E-state index in [4.69, 9.17) is 9.47 Å². The van der Waals surface area contributed by atoms with E-state index in [1.54, 1.807) is 0 Å². The highest BCUT2D eigenvalue weighted by Crippen LogP contribution is 2.39. The van der Waals surface area contributed by atoms with Gasteiger partial charge in [-0.25, -0.2) is 4.98 Å². The average molecular weight is 705 g/mol. The van der Waals surface area contributed by atoms with Crippen molar-refractivity contribution in [2.75, 3.05) is 31.2 Å². The quantitative estimate of drug-likeness (QED) is 0.0667. The van der Waals surface area contributed by atoms with Crippen molar-refractivity contribution in [2.45, 2.75) is 79.6 Å². The van der Waals surface area contributed by atoms with Crippen molar-refractivity contribution in [2.24, 2.45) is 32.3 Å². The lowest BCUT2D eigenvalue weighted by Crippen LogP contribution is -2.21. The maximum atomic E-state index is 12.1. The Morgan fingerprint density at radius 3 is 2.04 bits per heavy atom. The van der Waals surface area contributed by atoms with Crippen molar-refractivity contribution in [1.29, 1.82) is 0 Å². The van der Waals surface area contributed by atoms with Crippen LogP contribution in [0.2, 0.25) is 0 Å². The van der Waals surface area contributed by atoms with Crippen LogP contribution in [-0.2, 0) is 25.5 Å². The molecule has 2 heterocycles. The number of benzene rings is 2. The summed E-state index contributed by atoms with van der Waals surface area (Å²) in [6.45, 7) is 13.5. The van der Waals surface area contributed by atoms with Gasteiger partial charge in [-0.3, -0.25) is 9.59 Å². The molecule has 0 fully saturated rings. The maximum Gasteiger partial charge on any atom is 0.306 e. The zero-order valence-corrected chi connectivity index (χ0v) is 30.9. The van der Waals surface area contributed by atoms with Gasteiger partial charge in [-0.2, -0.15) is 0 Å². The summed E-state index contributed by atoms with van der Waals surface area (Å²) in [5.74, 6) is 0.492. The van der Waals surface area contributed by atoms with E-state index in [2.05, 4.69) is 77.1 Å². The summed E-state index contributed by atoms with van der Waals surface area (Å²) >= 11 is 2.92. The number of thiophene rings is 1. The van der Waals surface area contributed by atoms with Gasteiger partial charge in [0.2, 0.25) is 5.13 Å². The Balaban J connectivity index is 1.13. The van der Waals surface area contributed by atoms with E-state index in [0.29, 0.717) is 24.1 Å². The molecular formula is C37H48N6O4S2. The van der Waals surface area contributed by atoms with Gasteiger partial charge in [0, 0.05) is 25.2 Å². The summed E-state index contributed by atoms with van der Waals surface area (Å²) in [5.41, 5.74) is 3.69. The molecule has 0 aliphatic heterocycles. The van der Waals surface area contributed by atoms with Gasteiger partial charge in [-0.1, -0.05) is 74.8 Å². The average Bonchev–Trinajstić information content (AvgIpc) is 3.66. The van der Waals surface area contributed by atoms with Crippen LogP contribution in [0.15, 0.2) is 75.1 Å². The van der Waals surface area contributed by atoms with E-state index >= 15 is 0 Å². The summed E-state index contributed by atoms with van der Waals surface area (Å²) in [4.78, 5) is 31.8. The molecule has 0 saturated heterocycles. The lowest BCUT2D eigenvalue weighted by molar-refractivity contribution is -0.150. The Morgan fingerprint density at radius 1 is 0.776 bits per heavy atom. The normalized spacial score (nSPS) is 12.4. The lowest BCUT2D eigenvalue weighted by Gasteiger charge is -2.20. The number of carbonyl (C=O) groups excluding carboxylic acids is 2. The van der Waals surface area contributed by atoms with E-state index in [0.717, 1.165) is 63.3 Å². The Morgan fingerprint density at radius 2 is 1.41 bits per heavy atom. The molecule has 4 rings (SSSR count). The molecule has 0 radical (unpaired) electrons. The van der Waals surface area contributed by atoms with Gasteiger partial charge in [0.05, 0.1) is 42.1 Å². The van der Waals surface area contributed by atoms with Crippen molar-refractivity contribution < 1.29 is 19.1 Å². The van der Waals surface area contributed by atoms with E-state index in [-0.39, 0.29) is 25.4 Å². The number of fused-ring (bicyclic) bond motifs is 1. The Kier molecular flexibility index (Phi) is 15.3. The summed E-state index contributed by atoms with van der Waals surface area (Å²) in [6, 6.07) is 17.6. The van der Waals surface area contributed by atoms with Crippen molar-refractivity contribution in [3.63, 3.8) is 0 Å². The molecule has 0 saturated carbocycles. The van der Waals surface area contributed by atoms with Gasteiger partial charge in [0.1, 0.15) is 9.83 Å². The SMILES string of the molecule is CCN(CC)c1ccc(N=Nc2nc3sc(N=Nc4ccc(CCOC(=O)CCC(=O)OCCC(C)CCCC(C)C)cc4)cc3s2)cc1. The number of anilines is 1. The largest absolute Gasteiger partial charge is 0.466 e. The van der Waals surface area contributed by atoms with Crippen LogP contribution in [0.3, 0.4) is 0 Å². The van der Waals surface area contributed by atoms with Crippen molar-refractivity contribution in [1.82, 2.24) is 4.98 Å². The third-order valence-corrected chi connectivity index (χ3v) is 9.96. The van der Waals surface area contributed by atoms with Crippen LogP contribution in [0.4, 0.5) is 27.2 Å².